The van der Waals surface area contributed by atoms with E-state index in [0.29, 0.717) is 28.7 Å². The molecule has 0 saturated carbocycles. The molecule has 0 bridgehead atoms. The maximum atomic E-state index is 13.8. The minimum Gasteiger partial charge on any atom is -0.497 e. The fraction of sp³-hybridized carbons (Fsp3) is 0.280. The SMILES string of the molecule is COc1ccc(COC(C)C(Oc2ccc(C)cc2Cl)c2ccc(F)cc2OC)cc1. The highest BCUT2D eigenvalue weighted by atomic mass is 35.5. The fourth-order valence-electron chi connectivity index (χ4n) is 3.21. The average Bonchev–Trinajstić information content (AvgIpc) is 2.77. The Hall–Kier alpha value is -2.76. The smallest absolute Gasteiger partial charge is 0.153 e. The number of methoxy groups -OCH3 is 2. The van der Waals surface area contributed by atoms with E-state index in [-0.39, 0.29) is 11.9 Å². The molecule has 0 heterocycles. The third-order valence-corrected chi connectivity index (χ3v) is 5.24. The Morgan fingerprint density at radius 1 is 0.903 bits per heavy atom. The van der Waals surface area contributed by atoms with Crippen LogP contribution in [0.15, 0.2) is 60.7 Å². The zero-order valence-electron chi connectivity index (χ0n) is 18.0. The van der Waals surface area contributed by atoms with Crippen LogP contribution in [0.25, 0.3) is 0 Å². The zero-order chi connectivity index (χ0) is 22.4. The molecule has 0 aromatic heterocycles. The van der Waals surface area contributed by atoms with Crippen molar-refractivity contribution in [3.8, 4) is 17.2 Å². The molecule has 6 heteroatoms. The van der Waals surface area contributed by atoms with Crippen LogP contribution in [-0.4, -0.2) is 20.3 Å². The molecule has 3 rings (SSSR count). The van der Waals surface area contributed by atoms with Crippen molar-refractivity contribution in [2.75, 3.05) is 14.2 Å². The Balaban J connectivity index is 1.86. The lowest BCUT2D eigenvalue weighted by Gasteiger charge is -2.27. The van der Waals surface area contributed by atoms with E-state index in [1.54, 1.807) is 13.2 Å². The summed E-state index contributed by atoms with van der Waals surface area (Å²) in [6, 6.07) is 17.6. The van der Waals surface area contributed by atoms with Gasteiger partial charge >= 0.3 is 0 Å². The second kappa shape index (κ2) is 10.5. The summed E-state index contributed by atoms with van der Waals surface area (Å²) in [7, 11) is 3.12. The number of ether oxygens (including phenoxy) is 4. The number of hydrogen-bond donors (Lipinski definition) is 0. The Morgan fingerprint density at radius 3 is 2.29 bits per heavy atom. The number of halogens is 2. The van der Waals surface area contributed by atoms with Crippen LogP contribution < -0.4 is 14.2 Å². The first-order chi connectivity index (χ1) is 14.9. The first-order valence-corrected chi connectivity index (χ1v) is 10.3. The molecule has 3 aromatic carbocycles. The Morgan fingerprint density at radius 2 is 1.65 bits per heavy atom. The molecule has 2 unspecified atom stereocenters. The van der Waals surface area contributed by atoms with Crippen LogP contribution in [0, 0.1) is 12.7 Å². The van der Waals surface area contributed by atoms with Crippen LogP contribution in [0.1, 0.15) is 29.7 Å². The molecule has 0 aliphatic rings. The first-order valence-electron chi connectivity index (χ1n) is 9.92. The summed E-state index contributed by atoms with van der Waals surface area (Å²) in [4.78, 5) is 0. The molecule has 31 heavy (non-hydrogen) atoms. The van der Waals surface area contributed by atoms with Crippen LogP contribution in [0.3, 0.4) is 0 Å². The minimum absolute atomic E-state index is 0.371. The van der Waals surface area contributed by atoms with Gasteiger partial charge in [-0.1, -0.05) is 29.8 Å². The molecule has 0 saturated heterocycles. The monoisotopic (exact) mass is 444 g/mol. The normalized spacial score (nSPS) is 12.8. The molecule has 0 fully saturated rings. The molecule has 3 aromatic rings. The van der Waals surface area contributed by atoms with Crippen LogP contribution in [0.2, 0.25) is 5.02 Å². The molecule has 0 amide bonds. The zero-order valence-corrected chi connectivity index (χ0v) is 18.8. The van der Waals surface area contributed by atoms with E-state index in [1.807, 2.05) is 56.3 Å². The van der Waals surface area contributed by atoms with Crippen molar-refractivity contribution >= 4 is 11.6 Å². The maximum Gasteiger partial charge on any atom is 0.153 e. The van der Waals surface area contributed by atoms with Crippen molar-refractivity contribution in [3.05, 3.63) is 88.2 Å². The van der Waals surface area contributed by atoms with Gasteiger partial charge in [0.05, 0.1) is 32.0 Å². The van der Waals surface area contributed by atoms with Gasteiger partial charge in [-0.2, -0.15) is 0 Å². The topological polar surface area (TPSA) is 36.9 Å². The number of aryl methyl sites for hydroxylation is 1. The highest BCUT2D eigenvalue weighted by Gasteiger charge is 2.27. The van der Waals surface area contributed by atoms with Gasteiger partial charge in [-0.25, -0.2) is 4.39 Å². The van der Waals surface area contributed by atoms with E-state index in [4.69, 9.17) is 30.5 Å². The van der Waals surface area contributed by atoms with Crippen molar-refractivity contribution in [2.24, 2.45) is 0 Å². The highest BCUT2D eigenvalue weighted by Crippen LogP contribution is 2.36. The van der Waals surface area contributed by atoms with Crippen LogP contribution >= 0.6 is 11.6 Å². The van der Waals surface area contributed by atoms with E-state index < -0.39 is 6.10 Å². The molecule has 4 nitrogen and oxygen atoms in total. The summed E-state index contributed by atoms with van der Waals surface area (Å²) in [5.41, 5.74) is 2.69. The standard InChI is InChI=1S/C25H26ClFO4/c1-16-5-12-23(22(26)13-16)31-25(21-11-8-19(27)14-24(21)29-4)17(2)30-15-18-6-9-20(28-3)10-7-18/h5-14,17,25H,15H2,1-4H3. The van der Waals surface area contributed by atoms with Gasteiger partial charge in [0.1, 0.15) is 23.1 Å². The van der Waals surface area contributed by atoms with Gasteiger partial charge in [0, 0.05) is 11.6 Å². The summed E-state index contributed by atoms with van der Waals surface area (Å²) in [5, 5.41) is 0.494. The second-order valence-electron chi connectivity index (χ2n) is 7.22. The summed E-state index contributed by atoms with van der Waals surface area (Å²) in [6.45, 7) is 4.23. The second-order valence-corrected chi connectivity index (χ2v) is 7.63. The van der Waals surface area contributed by atoms with Crippen molar-refractivity contribution in [1.29, 1.82) is 0 Å². The lowest BCUT2D eigenvalue weighted by atomic mass is 10.0. The van der Waals surface area contributed by atoms with Gasteiger partial charge < -0.3 is 18.9 Å². The molecular weight excluding hydrogens is 419 g/mol. The molecule has 0 radical (unpaired) electrons. The molecular formula is C25H26ClFO4. The Kier molecular flexibility index (Phi) is 7.77. The van der Waals surface area contributed by atoms with Crippen LogP contribution in [-0.2, 0) is 11.3 Å². The summed E-state index contributed by atoms with van der Waals surface area (Å²) in [5.74, 6) is 1.29. The average molecular weight is 445 g/mol. The molecule has 0 aliphatic heterocycles. The van der Waals surface area contributed by atoms with Gasteiger partial charge in [0.15, 0.2) is 6.10 Å². The van der Waals surface area contributed by atoms with E-state index in [0.717, 1.165) is 16.9 Å². The largest absolute Gasteiger partial charge is 0.497 e. The predicted molar refractivity (Wildman–Crippen MR) is 120 cm³/mol. The lowest BCUT2D eigenvalue weighted by molar-refractivity contribution is -0.0259. The first kappa shape index (κ1) is 22.9. The van der Waals surface area contributed by atoms with Crippen molar-refractivity contribution in [3.63, 3.8) is 0 Å². The summed E-state index contributed by atoms with van der Waals surface area (Å²) >= 11 is 6.40. The van der Waals surface area contributed by atoms with Crippen molar-refractivity contribution < 1.29 is 23.3 Å². The summed E-state index contributed by atoms with van der Waals surface area (Å²) in [6.07, 6.45) is -0.965. The molecule has 164 valence electrons. The van der Waals surface area contributed by atoms with Crippen molar-refractivity contribution in [1.82, 2.24) is 0 Å². The maximum absolute atomic E-state index is 13.8. The third-order valence-electron chi connectivity index (χ3n) is 4.94. The molecule has 0 N–H and O–H groups in total. The Labute approximate surface area is 187 Å². The third kappa shape index (κ3) is 5.90. The van der Waals surface area contributed by atoms with E-state index in [2.05, 4.69) is 0 Å². The van der Waals surface area contributed by atoms with Gasteiger partial charge in [-0.15, -0.1) is 0 Å². The highest BCUT2D eigenvalue weighted by molar-refractivity contribution is 6.32. The molecule has 0 spiro atoms. The molecule has 0 aliphatic carbocycles. The fourth-order valence-corrected chi connectivity index (χ4v) is 3.49. The lowest BCUT2D eigenvalue weighted by Crippen LogP contribution is -2.25. The number of rotatable bonds is 9. The number of hydrogen-bond acceptors (Lipinski definition) is 4. The van der Waals surface area contributed by atoms with E-state index >= 15 is 0 Å². The van der Waals surface area contributed by atoms with Gasteiger partial charge in [-0.05, 0) is 61.4 Å². The number of benzene rings is 3. The quantitative estimate of drug-likeness (QED) is 0.376. The van der Waals surface area contributed by atoms with E-state index in [1.165, 1.54) is 19.2 Å². The van der Waals surface area contributed by atoms with E-state index in [9.17, 15) is 4.39 Å². The van der Waals surface area contributed by atoms with Crippen LogP contribution in [0.5, 0.6) is 17.2 Å². The van der Waals surface area contributed by atoms with Crippen molar-refractivity contribution in [2.45, 2.75) is 32.7 Å². The molecule has 2 atom stereocenters. The minimum atomic E-state index is -0.575. The van der Waals surface area contributed by atoms with Crippen LogP contribution in [0.4, 0.5) is 4.39 Å². The van der Waals surface area contributed by atoms with Gasteiger partial charge in [-0.3, -0.25) is 0 Å². The predicted octanol–water partition coefficient (Wildman–Crippen LogP) is 6.53. The van der Waals surface area contributed by atoms with Gasteiger partial charge in [0.2, 0.25) is 0 Å². The summed E-state index contributed by atoms with van der Waals surface area (Å²) < 4.78 is 36.8. The van der Waals surface area contributed by atoms with Gasteiger partial charge in [0.25, 0.3) is 0 Å². The Bertz CT molecular complexity index is 1010.